The topological polar surface area (TPSA) is 53.7 Å². The lowest BCUT2D eigenvalue weighted by Crippen LogP contribution is -2.25. The molecule has 1 saturated heterocycles. The van der Waals surface area contributed by atoms with E-state index in [4.69, 9.17) is 19.9 Å². The zero-order valence-electron chi connectivity index (χ0n) is 11.0. The molecule has 0 spiro atoms. The van der Waals surface area contributed by atoms with Crippen LogP contribution in [0.15, 0.2) is 18.2 Å². The highest BCUT2D eigenvalue weighted by Crippen LogP contribution is 2.29. The van der Waals surface area contributed by atoms with Crippen molar-refractivity contribution < 1.29 is 14.2 Å². The third-order valence-corrected chi connectivity index (χ3v) is 2.82. The summed E-state index contributed by atoms with van der Waals surface area (Å²) in [5, 5.41) is 0. The maximum atomic E-state index is 5.92. The van der Waals surface area contributed by atoms with E-state index < -0.39 is 0 Å². The Morgan fingerprint density at radius 3 is 2.67 bits per heavy atom. The number of nitrogens with two attached hydrogens (primary N) is 1. The third-order valence-electron chi connectivity index (χ3n) is 2.82. The molecule has 18 heavy (non-hydrogen) atoms. The van der Waals surface area contributed by atoms with Crippen LogP contribution in [0.5, 0.6) is 11.5 Å². The highest BCUT2D eigenvalue weighted by Gasteiger charge is 2.16. The lowest BCUT2D eigenvalue weighted by molar-refractivity contribution is 0.0254. The van der Waals surface area contributed by atoms with Crippen molar-refractivity contribution in [1.82, 2.24) is 0 Å². The molecule has 0 atom stereocenters. The number of ether oxygens (including phenoxy) is 3. The molecule has 0 radical (unpaired) electrons. The summed E-state index contributed by atoms with van der Waals surface area (Å²) in [4.78, 5) is 0. The molecule has 1 heterocycles. The Labute approximate surface area is 108 Å². The molecule has 0 amide bonds. The second kappa shape index (κ2) is 5.96. The Morgan fingerprint density at radius 1 is 1.28 bits per heavy atom. The van der Waals surface area contributed by atoms with Crippen molar-refractivity contribution in [3.63, 3.8) is 0 Å². The first-order valence-corrected chi connectivity index (χ1v) is 6.45. The minimum absolute atomic E-state index is 0.102. The minimum atomic E-state index is 0.102. The van der Waals surface area contributed by atoms with Gasteiger partial charge in [0.15, 0.2) is 0 Å². The van der Waals surface area contributed by atoms with E-state index in [1.807, 2.05) is 32.0 Å². The summed E-state index contributed by atoms with van der Waals surface area (Å²) in [6, 6.07) is 5.58. The molecule has 0 aliphatic carbocycles. The van der Waals surface area contributed by atoms with Crippen LogP contribution in [0.3, 0.4) is 0 Å². The van der Waals surface area contributed by atoms with Crippen molar-refractivity contribution >= 4 is 5.69 Å². The van der Waals surface area contributed by atoms with Crippen molar-refractivity contribution in [1.29, 1.82) is 0 Å². The van der Waals surface area contributed by atoms with Crippen LogP contribution in [0.25, 0.3) is 0 Å². The normalized spacial score (nSPS) is 16.8. The zero-order chi connectivity index (χ0) is 13.0. The van der Waals surface area contributed by atoms with Crippen LogP contribution in [0.2, 0.25) is 0 Å². The number of anilines is 1. The van der Waals surface area contributed by atoms with E-state index in [0.717, 1.165) is 31.8 Å². The summed E-state index contributed by atoms with van der Waals surface area (Å²) in [7, 11) is 0. The molecule has 1 fully saturated rings. The molecule has 1 aromatic rings. The van der Waals surface area contributed by atoms with Crippen LogP contribution in [-0.2, 0) is 4.74 Å². The summed E-state index contributed by atoms with van der Waals surface area (Å²) in [6.07, 6.45) is 2.20. The van der Waals surface area contributed by atoms with Gasteiger partial charge < -0.3 is 19.9 Å². The van der Waals surface area contributed by atoms with Gasteiger partial charge in [-0.15, -0.1) is 0 Å². The average Bonchev–Trinajstić information content (AvgIpc) is 2.34. The predicted octanol–water partition coefficient (Wildman–Crippen LogP) is 2.61. The molecule has 0 aromatic heterocycles. The Hall–Kier alpha value is -1.42. The fraction of sp³-hybridized carbons (Fsp3) is 0.571. The minimum Gasteiger partial charge on any atom is -0.490 e. The summed E-state index contributed by atoms with van der Waals surface area (Å²) < 4.78 is 16.9. The SMILES string of the molecule is CC(C)Oc1cc(OC2CCOCC2)ccc1N. The van der Waals surface area contributed by atoms with Crippen molar-refractivity contribution in [3.8, 4) is 11.5 Å². The zero-order valence-corrected chi connectivity index (χ0v) is 11.0. The Balaban J connectivity index is 2.03. The van der Waals surface area contributed by atoms with Gasteiger partial charge in [0.1, 0.15) is 17.6 Å². The number of hydrogen-bond donors (Lipinski definition) is 1. The van der Waals surface area contributed by atoms with Gasteiger partial charge in [-0.1, -0.05) is 0 Å². The van der Waals surface area contributed by atoms with E-state index in [1.54, 1.807) is 0 Å². The Bertz CT molecular complexity index is 387. The number of rotatable bonds is 4. The number of benzene rings is 1. The van der Waals surface area contributed by atoms with Crippen LogP contribution in [0.1, 0.15) is 26.7 Å². The van der Waals surface area contributed by atoms with E-state index in [9.17, 15) is 0 Å². The standard InChI is InChI=1S/C14H21NO3/c1-10(2)17-14-9-12(3-4-13(14)15)18-11-5-7-16-8-6-11/h3-4,9-11H,5-8,15H2,1-2H3. The number of hydrogen-bond acceptors (Lipinski definition) is 4. The van der Waals surface area contributed by atoms with Crippen LogP contribution in [-0.4, -0.2) is 25.4 Å². The summed E-state index contributed by atoms with van der Waals surface area (Å²) in [6.45, 7) is 5.50. The second-order valence-electron chi connectivity index (χ2n) is 4.80. The fourth-order valence-electron chi connectivity index (χ4n) is 1.93. The average molecular weight is 251 g/mol. The molecule has 4 heteroatoms. The van der Waals surface area contributed by atoms with Crippen molar-refractivity contribution in [2.24, 2.45) is 0 Å². The molecule has 1 aliphatic heterocycles. The van der Waals surface area contributed by atoms with Crippen LogP contribution < -0.4 is 15.2 Å². The van der Waals surface area contributed by atoms with Gasteiger partial charge in [0, 0.05) is 18.9 Å². The highest BCUT2D eigenvalue weighted by atomic mass is 16.5. The first-order chi connectivity index (χ1) is 8.65. The van der Waals surface area contributed by atoms with E-state index in [0.29, 0.717) is 11.4 Å². The highest BCUT2D eigenvalue weighted by molar-refractivity contribution is 5.55. The summed E-state index contributed by atoms with van der Waals surface area (Å²) >= 11 is 0. The molecule has 0 bridgehead atoms. The molecule has 2 N–H and O–H groups in total. The van der Waals surface area contributed by atoms with Crippen molar-refractivity contribution in [2.45, 2.75) is 38.9 Å². The van der Waals surface area contributed by atoms with Crippen molar-refractivity contribution in [2.75, 3.05) is 18.9 Å². The first kappa shape index (κ1) is 13.0. The fourth-order valence-corrected chi connectivity index (χ4v) is 1.93. The van der Waals surface area contributed by atoms with E-state index in [-0.39, 0.29) is 12.2 Å². The second-order valence-corrected chi connectivity index (χ2v) is 4.80. The van der Waals surface area contributed by atoms with Crippen LogP contribution in [0, 0.1) is 0 Å². The number of nitrogen functional groups attached to an aromatic ring is 1. The maximum Gasteiger partial charge on any atom is 0.146 e. The summed E-state index contributed by atoms with van der Waals surface area (Å²) in [5.41, 5.74) is 6.51. The lowest BCUT2D eigenvalue weighted by Gasteiger charge is -2.23. The van der Waals surface area contributed by atoms with Crippen LogP contribution in [0.4, 0.5) is 5.69 Å². The van der Waals surface area contributed by atoms with Gasteiger partial charge in [-0.05, 0) is 26.0 Å². The predicted molar refractivity (Wildman–Crippen MR) is 71.1 cm³/mol. The maximum absolute atomic E-state index is 5.92. The van der Waals surface area contributed by atoms with Gasteiger partial charge in [0.25, 0.3) is 0 Å². The molecule has 1 aliphatic rings. The molecule has 2 rings (SSSR count). The van der Waals surface area contributed by atoms with Gasteiger partial charge in [0.2, 0.25) is 0 Å². The molecule has 100 valence electrons. The molecule has 4 nitrogen and oxygen atoms in total. The quantitative estimate of drug-likeness (QED) is 0.836. The van der Waals surface area contributed by atoms with Gasteiger partial charge in [-0.25, -0.2) is 0 Å². The molecule has 0 saturated carbocycles. The molecule has 1 aromatic carbocycles. The Morgan fingerprint density at radius 2 is 2.00 bits per heavy atom. The van der Waals surface area contributed by atoms with Gasteiger partial charge in [0.05, 0.1) is 25.0 Å². The third kappa shape index (κ3) is 3.53. The molecule has 0 unspecified atom stereocenters. The van der Waals surface area contributed by atoms with Gasteiger partial charge in [-0.2, -0.15) is 0 Å². The van der Waals surface area contributed by atoms with E-state index >= 15 is 0 Å². The van der Waals surface area contributed by atoms with Crippen LogP contribution >= 0.6 is 0 Å². The monoisotopic (exact) mass is 251 g/mol. The Kier molecular flexibility index (Phi) is 4.31. The largest absolute Gasteiger partial charge is 0.490 e. The van der Waals surface area contributed by atoms with Crippen molar-refractivity contribution in [3.05, 3.63) is 18.2 Å². The first-order valence-electron chi connectivity index (χ1n) is 6.45. The lowest BCUT2D eigenvalue weighted by atomic mass is 10.1. The van der Waals surface area contributed by atoms with Gasteiger partial charge in [-0.3, -0.25) is 0 Å². The molecular formula is C14H21NO3. The van der Waals surface area contributed by atoms with E-state index in [2.05, 4.69) is 0 Å². The molecular weight excluding hydrogens is 230 g/mol. The van der Waals surface area contributed by atoms with E-state index in [1.165, 1.54) is 0 Å². The smallest absolute Gasteiger partial charge is 0.146 e. The summed E-state index contributed by atoms with van der Waals surface area (Å²) in [5.74, 6) is 1.50. The van der Waals surface area contributed by atoms with Gasteiger partial charge >= 0.3 is 0 Å².